The van der Waals surface area contributed by atoms with Crippen LogP contribution in [-0.2, 0) is 26.0 Å². The molecule has 0 unspecified atom stereocenters. The zero-order valence-electron chi connectivity index (χ0n) is 13.9. The van der Waals surface area contributed by atoms with E-state index in [0.29, 0.717) is 31.4 Å². The average molecular weight is 366 g/mol. The second-order valence-electron chi connectivity index (χ2n) is 6.60. The van der Waals surface area contributed by atoms with Gasteiger partial charge in [0.25, 0.3) is 0 Å². The van der Waals surface area contributed by atoms with E-state index in [9.17, 15) is 23.1 Å². The molecule has 1 aromatic rings. The normalized spacial score (nSPS) is 18.7. The minimum atomic E-state index is -3.90. The van der Waals surface area contributed by atoms with Crippen LogP contribution in [0.25, 0.3) is 0 Å². The van der Waals surface area contributed by atoms with Crippen molar-refractivity contribution in [2.24, 2.45) is 0 Å². The van der Waals surface area contributed by atoms with Crippen molar-refractivity contribution in [1.29, 1.82) is 0 Å². The van der Waals surface area contributed by atoms with Gasteiger partial charge in [0.15, 0.2) is 0 Å². The summed E-state index contributed by atoms with van der Waals surface area (Å²) < 4.78 is 27.3. The van der Waals surface area contributed by atoms with E-state index in [1.807, 2.05) is 0 Å². The van der Waals surface area contributed by atoms with Gasteiger partial charge in [-0.05, 0) is 43.0 Å². The van der Waals surface area contributed by atoms with Crippen LogP contribution in [-0.4, -0.2) is 42.3 Å². The second-order valence-corrected chi connectivity index (χ2v) is 8.49. The third-order valence-corrected chi connectivity index (χ3v) is 6.75. The third kappa shape index (κ3) is 3.85. The summed E-state index contributed by atoms with van der Waals surface area (Å²) in [6.07, 6.45) is 5.04. The largest absolute Gasteiger partial charge is 0.480 e. The van der Waals surface area contributed by atoms with Crippen molar-refractivity contribution < 1.29 is 23.1 Å². The van der Waals surface area contributed by atoms with Crippen LogP contribution in [0.3, 0.4) is 0 Å². The predicted molar refractivity (Wildman–Crippen MR) is 91.8 cm³/mol. The molecule has 0 radical (unpaired) electrons. The molecule has 0 aromatic heterocycles. The van der Waals surface area contributed by atoms with Crippen LogP contribution in [0.4, 0.5) is 5.69 Å². The van der Waals surface area contributed by atoms with Crippen molar-refractivity contribution in [3.8, 4) is 0 Å². The molecule has 0 spiro atoms. The molecule has 1 aliphatic carbocycles. The summed E-state index contributed by atoms with van der Waals surface area (Å²) in [5, 5.41) is 11.9. The Labute approximate surface area is 147 Å². The quantitative estimate of drug-likeness (QED) is 0.829. The van der Waals surface area contributed by atoms with E-state index in [1.54, 1.807) is 12.1 Å². The van der Waals surface area contributed by atoms with Gasteiger partial charge < -0.3 is 10.4 Å². The lowest BCUT2D eigenvalue weighted by atomic mass is 9.95. The molecular weight excluding hydrogens is 344 g/mol. The molecule has 0 saturated heterocycles. The summed E-state index contributed by atoms with van der Waals surface area (Å²) >= 11 is 0. The van der Waals surface area contributed by atoms with Gasteiger partial charge in [0.2, 0.25) is 15.9 Å². The number of carboxylic acids is 1. The number of benzene rings is 1. The van der Waals surface area contributed by atoms with E-state index in [2.05, 4.69) is 5.32 Å². The van der Waals surface area contributed by atoms with Crippen molar-refractivity contribution in [3.05, 3.63) is 23.8 Å². The maximum Gasteiger partial charge on any atom is 0.318 e. The van der Waals surface area contributed by atoms with Crippen LogP contribution < -0.4 is 5.32 Å². The smallest absolute Gasteiger partial charge is 0.318 e. The Balaban J connectivity index is 1.94. The molecule has 1 heterocycles. The highest BCUT2D eigenvalue weighted by Gasteiger charge is 2.34. The van der Waals surface area contributed by atoms with Gasteiger partial charge in [-0.15, -0.1) is 0 Å². The van der Waals surface area contributed by atoms with Gasteiger partial charge in [-0.3, -0.25) is 9.59 Å². The maximum absolute atomic E-state index is 13.1. The number of carbonyl (C=O) groups is 2. The zero-order chi connectivity index (χ0) is 18.0. The van der Waals surface area contributed by atoms with Gasteiger partial charge >= 0.3 is 5.97 Å². The molecule has 1 aliphatic heterocycles. The first-order valence-electron chi connectivity index (χ1n) is 8.54. The number of aryl methyl sites for hydroxylation is 1. The molecule has 1 fully saturated rings. The Bertz CT molecular complexity index is 784. The summed E-state index contributed by atoms with van der Waals surface area (Å²) in [6.45, 7) is -0.527. The number of nitrogens with one attached hydrogen (secondary N) is 1. The second kappa shape index (κ2) is 7.13. The number of carbonyl (C=O) groups excluding carboxylic acids is 1. The van der Waals surface area contributed by atoms with Crippen LogP contribution in [0.15, 0.2) is 23.1 Å². The molecule has 2 aliphatic rings. The molecule has 0 atom stereocenters. The monoisotopic (exact) mass is 366 g/mol. The number of rotatable bonds is 5. The number of anilines is 1. The standard InChI is InChI=1S/C17H22N2O5S/c20-16-9-6-12-10-14(7-8-15(12)18-16)25(23,24)19(11-17(21)22)13-4-2-1-3-5-13/h7-8,10,13H,1-6,9,11H2,(H,18,20)(H,21,22). The van der Waals surface area contributed by atoms with Crippen LogP contribution in [0.1, 0.15) is 44.1 Å². The number of sulfonamides is 1. The number of hydrogen-bond donors (Lipinski definition) is 2. The van der Waals surface area contributed by atoms with Crippen LogP contribution in [0, 0.1) is 0 Å². The number of nitrogens with zero attached hydrogens (tertiary/aromatic N) is 1. The first-order valence-corrected chi connectivity index (χ1v) is 9.98. The maximum atomic E-state index is 13.1. The summed E-state index contributed by atoms with van der Waals surface area (Å²) in [5.74, 6) is -1.24. The topological polar surface area (TPSA) is 104 Å². The van der Waals surface area contributed by atoms with Gasteiger partial charge in [0, 0.05) is 18.2 Å². The fourth-order valence-corrected chi connectivity index (χ4v) is 5.25. The van der Waals surface area contributed by atoms with E-state index in [4.69, 9.17) is 0 Å². The number of hydrogen-bond acceptors (Lipinski definition) is 4. The molecular formula is C17H22N2O5S. The molecule has 1 saturated carbocycles. The number of amides is 1. The van der Waals surface area contributed by atoms with Crippen molar-refractivity contribution in [1.82, 2.24) is 4.31 Å². The lowest BCUT2D eigenvalue weighted by Gasteiger charge is -2.32. The number of fused-ring (bicyclic) bond motifs is 1. The zero-order valence-corrected chi connectivity index (χ0v) is 14.7. The fraction of sp³-hybridized carbons (Fsp3) is 0.529. The predicted octanol–water partition coefficient (Wildman–Crippen LogP) is 1.98. The van der Waals surface area contributed by atoms with Crippen molar-refractivity contribution in [3.63, 3.8) is 0 Å². The lowest BCUT2D eigenvalue weighted by Crippen LogP contribution is -2.44. The van der Waals surface area contributed by atoms with Crippen LogP contribution in [0.2, 0.25) is 0 Å². The van der Waals surface area contributed by atoms with E-state index < -0.39 is 22.5 Å². The van der Waals surface area contributed by atoms with Gasteiger partial charge in [-0.2, -0.15) is 4.31 Å². The summed E-state index contributed by atoms with van der Waals surface area (Å²) in [7, 11) is -3.90. The number of carboxylic acid groups (broad SMARTS) is 1. The minimum absolute atomic E-state index is 0.0854. The minimum Gasteiger partial charge on any atom is -0.480 e. The van der Waals surface area contributed by atoms with Crippen LogP contribution >= 0.6 is 0 Å². The molecule has 7 nitrogen and oxygen atoms in total. The third-order valence-electron chi connectivity index (χ3n) is 4.85. The van der Waals surface area contributed by atoms with E-state index in [1.165, 1.54) is 6.07 Å². The number of aliphatic carboxylic acids is 1. The lowest BCUT2D eigenvalue weighted by molar-refractivity contribution is -0.137. The molecule has 1 aromatic carbocycles. The van der Waals surface area contributed by atoms with Crippen LogP contribution in [0.5, 0.6) is 0 Å². The summed E-state index contributed by atoms with van der Waals surface area (Å²) in [6, 6.07) is 4.31. The Morgan fingerprint density at radius 3 is 2.60 bits per heavy atom. The SMILES string of the molecule is O=C(O)CN(C1CCCCC1)S(=O)(=O)c1ccc2c(c1)CCC(=O)N2. The van der Waals surface area contributed by atoms with Gasteiger partial charge in [-0.1, -0.05) is 19.3 Å². The van der Waals surface area contributed by atoms with Crippen molar-refractivity contribution in [2.45, 2.75) is 55.9 Å². The molecule has 3 rings (SSSR count). The van der Waals surface area contributed by atoms with Gasteiger partial charge in [0.05, 0.1) is 4.90 Å². The van der Waals surface area contributed by atoms with Crippen molar-refractivity contribution >= 4 is 27.6 Å². The molecule has 2 N–H and O–H groups in total. The van der Waals surface area contributed by atoms with E-state index >= 15 is 0 Å². The Kier molecular flexibility index (Phi) is 5.10. The molecule has 1 amide bonds. The molecule has 8 heteroatoms. The molecule has 0 bridgehead atoms. The van der Waals surface area contributed by atoms with Gasteiger partial charge in [0.1, 0.15) is 6.54 Å². The summed E-state index contributed by atoms with van der Waals surface area (Å²) in [5.41, 5.74) is 1.39. The first kappa shape index (κ1) is 17.9. The molecule has 25 heavy (non-hydrogen) atoms. The highest BCUT2D eigenvalue weighted by Crippen LogP contribution is 2.30. The van der Waals surface area contributed by atoms with E-state index in [0.717, 1.165) is 29.1 Å². The Hall–Kier alpha value is -1.93. The van der Waals surface area contributed by atoms with E-state index in [-0.39, 0.29) is 16.8 Å². The summed E-state index contributed by atoms with van der Waals surface area (Å²) in [4.78, 5) is 22.8. The molecule has 136 valence electrons. The highest BCUT2D eigenvalue weighted by atomic mass is 32.2. The fourth-order valence-electron chi connectivity index (χ4n) is 3.57. The van der Waals surface area contributed by atoms with Crippen molar-refractivity contribution in [2.75, 3.05) is 11.9 Å². The van der Waals surface area contributed by atoms with Gasteiger partial charge in [-0.25, -0.2) is 8.42 Å². The Morgan fingerprint density at radius 2 is 1.92 bits per heavy atom. The highest BCUT2D eigenvalue weighted by molar-refractivity contribution is 7.89. The first-order chi connectivity index (χ1) is 11.9. The Morgan fingerprint density at radius 1 is 1.20 bits per heavy atom. The average Bonchev–Trinajstić information content (AvgIpc) is 2.59.